The molecule has 0 heterocycles. The molecule has 0 saturated heterocycles. The van der Waals surface area contributed by atoms with Crippen LogP contribution >= 0.6 is 0 Å². The second-order valence-corrected chi connectivity index (χ2v) is 9.64. The van der Waals surface area contributed by atoms with Crippen LogP contribution in [-0.4, -0.2) is 12.8 Å². The Morgan fingerprint density at radius 3 is 2.18 bits per heavy atom. The third kappa shape index (κ3) is 5.60. The second kappa shape index (κ2) is 11.7. The molecule has 4 aromatic carbocycles. The van der Waals surface area contributed by atoms with Gasteiger partial charge in [0.2, 0.25) is 0 Å². The van der Waals surface area contributed by atoms with E-state index in [0.29, 0.717) is 0 Å². The zero-order valence-electron chi connectivity index (χ0n) is 23.1. The first kappa shape index (κ1) is 26.6. The molecule has 4 rings (SSSR count). The maximum Gasteiger partial charge on any atom is 0.0743 e. The van der Waals surface area contributed by atoms with E-state index in [1.807, 2.05) is 19.1 Å². The quantitative estimate of drug-likeness (QED) is 0.175. The van der Waals surface area contributed by atoms with Crippen molar-refractivity contribution in [2.75, 3.05) is 11.9 Å². The van der Waals surface area contributed by atoms with E-state index >= 15 is 0 Å². The highest BCUT2D eigenvalue weighted by atomic mass is 15.1. The van der Waals surface area contributed by atoms with Crippen molar-refractivity contribution in [1.82, 2.24) is 0 Å². The zero-order chi connectivity index (χ0) is 27.2. The van der Waals surface area contributed by atoms with Crippen LogP contribution in [-0.2, 0) is 0 Å². The average molecular weight is 497 g/mol. The average Bonchev–Trinajstić information content (AvgIpc) is 2.96. The van der Waals surface area contributed by atoms with Crippen molar-refractivity contribution in [3.8, 4) is 11.1 Å². The molecular weight excluding hydrogens is 460 g/mol. The lowest BCUT2D eigenvalue weighted by atomic mass is 9.92. The predicted molar refractivity (Wildman–Crippen MR) is 169 cm³/mol. The van der Waals surface area contributed by atoms with Gasteiger partial charge in [-0.1, -0.05) is 98.1 Å². The number of anilines is 1. The van der Waals surface area contributed by atoms with Gasteiger partial charge in [0.05, 0.1) is 5.69 Å². The SMILES string of the molecule is C=CC=CC(=C)C(C)=Nc1c(C)c(C)c(C=C(C)N(C)c2cccc(-c3ccccc3)c2)c2ccccc12. The summed E-state index contributed by atoms with van der Waals surface area (Å²) in [5.74, 6) is 0. The molecule has 38 heavy (non-hydrogen) atoms. The fraction of sp³-hybridized carbons (Fsp3) is 0.139. The van der Waals surface area contributed by atoms with Gasteiger partial charge in [0.25, 0.3) is 0 Å². The van der Waals surface area contributed by atoms with Gasteiger partial charge in [0.1, 0.15) is 0 Å². The fourth-order valence-corrected chi connectivity index (χ4v) is 4.62. The van der Waals surface area contributed by atoms with E-state index in [4.69, 9.17) is 4.99 Å². The van der Waals surface area contributed by atoms with Crippen LogP contribution in [0.4, 0.5) is 11.4 Å². The maximum atomic E-state index is 5.04. The minimum Gasteiger partial charge on any atom is -0.348 e. The third-order valence-corrected chi connectivity index (χ3v) is 7.19. The smallest absolute Gasteiger partial charge is 0.0743 e. The van der Waals surface area contributed by atoms with Gasteiger partial charge in [-0.25, -0.2) is 0 Å². The third-order valence-electron chi connectivity index (χ3n) is 7.19. The van der Waals surface area contributed by atoms with Crippen molar-refractivity contribution in [2.45, 2.75) is 27.7 Å². The number of rotatable bonds is 8. The number of fused-ring (bicyclic) bond motifs is 1. The molecule has 0 bridgehead atoms. The van der Waals surface area contributed by atoms with Crippen LogP contribution in [0.25, 0.3) is 28.0 Å². The molecule has 0 atom stereocenters. The highest BCUT2D eigenvalue weighted by Gasteiger charge is 2.14. The molecule has 0 aliphatic rings. The highest BCUT2D eigenvalue weighted by molar-refractivity contribution is 6.07. The van der Waals surface area contributed by atoms with Crippen molar-refractivity contribution in [1.29, 1.82) is 0 Å². The Labute approximate surface area is 227 Å². The van der Waals surface area contributed by atoms with Crippen molar-refractivity contribution in [3.63, 3.8) is 0 Å². The topological polar surface area (TPSA) is 15.6 Å². The van der Waals surface area contributed by atoms with Gasteiger partial charge in [-0.2, -0.15) is 0 Å². The van der Waals surface area contributed by atoms with Crippen LogP contribution in [0.1, 0.15) is 30.5 Å². The van der Waals surface area contributed by atoms with Gasteiger partial charge < -0.3 is 4.90 Å². The number of allylic oxidation sites excluding steroid dienone is 5. The van der Waals surface area contributed by atoms with Gasteiger partial charge in [0, 0.05) is 29.5 Å². The molecule has 0 unspecified atom stereocenters. The first-order valence-electron chi connectivity index (χ1n) is 12.9. The van der Waals surface area contributed by atoms with Crippen LogP contribution in [0.15, 0.2) is 127 Å². The second-order valence-electron chi connectivity index (χ2n) is 9.64. The van der Waals surface area contributed by atoms with Crippen LogP contribution in [0, 0.1) is 13.8 Å². The number of benzene rings is 4. The molecule has 0 saturated carbocycles. The van der Waals surface area contributed by atoms with Crippen LogP contribution < -0.4 is 4.90 Å². The van der Waals surface area contributed by atoms with Gasteiger partial charge in [0.15, 0.2) is 0 Å². The lowest BCUT2D eigenvalue weighted by molar-refractivity contribution is 1.10. The first-order chi connectivity index (χ1) is 18.3. The summed E-state index contributed by atoms with van der Waals surface area (Å²) in [5.41, 5.74) is 11.2. The number of hydrogen-bond donors (Lipinski definition) is 0. The lowest BCUT2D eigenvalue weighted by Gasteiger charge is -2.22. The highest BCUT2D eigenvalue weighted by Crippen LogP contribution is 2.38. The molecule has 0 radical (unpaired) electrons. The van der Waals surface area contributed by atoms with Gasteiger partial charge in [-0.3, -0.25) is 4.99 Å². The minimum absolute atomic E-state index is 0.880. The van der Waals surface area contributed by atoms with E-state index < -0.39 is 0 Å². The Balaban J connectivity index is 1.78. The van der Waals surface area contributed by atoms with E-state index in [-0.39, 0.29) is 0 Å². The largest absolute Gasteiger partial charge is 0.348 e. The summed E-state index contributed by atoms with van der Waals surface area (Å²) in [5, 5.41) is 2.34. The summed E-state index contributed by atoms with van der Waals surface area (Å²) >= 11 is 0. The lowest BCUT2D eigenvalue weighted by Crippen LogP contribution is -2.14. The van der Waals surface area contributed by atoms with Crippen LogP contribution in [0.3, 0.4) is 0 Å². The molecule has 0 aromatic heterocycles. The molecule has 4 aromatic rings. The predicted octanol–water partition coefficient (Wildman–Crippen LogP) is 10.0. The van der Waals surface area contributed by atoms with E-state index in [0.717, 1.165) is 28.0 Å². The summed E-state index contributed by atoms with van der Waals surface area (Å²) in [4.78, 5) is 7.29. The Hall–Kier alpha value is -4.43. The van der Waals surface area contributed by atoms with Crippen LogP contribution in [0.2, 0.25) is 0 Å². The maximum absolute atomic E-state index is 5.04. The number of aliphatic imine (C=N–C) groups is 1. The summed E-state index contributed by atoms with van der Waals surface area (Å²) in [7, 11) is 2.13. The van der Waals surface area contributed by atoms with E-state index in [9.17, 15) is 0 Å². The Morgan fingerprint density at radius 2 is 1.47 bits per heavy atom. The molecule has 0 spiro atoms. The molecule has 2 nitrogen and oxygen atoms in total. The summed E-state index contributed by atoms with van der Waals surface area (Å²) in [6.07, 6.45) is 7.88. The molecule has 0 fully saturated rings. The van der Waals surface area contributed by atoms with E-state index in [2.05, 4.69) is 131 Å². The Bertz CT molecular complexity index is 1580. The number of nitrogens with zero attached hydrogens (tertiary/aromatic N) is 2. The molecule has 0 N–H and O–H groups in total. The molecular formula is C36H36N2. The van der Waals surface area contributed by atoms with E-state index in [1.165, 1.54) is 38.9 Å². The first-order valence-corrected chi connectivity index (χ1v) is 12.9. The summed E-state index contributed by atoms with van der Waals surface area (Å²) in [6, 6.07) is 27.7. The van der Waals surface area contributed by atoms with Gasteiger partial charge >= 0.3 is 0 Å². The fourth-order valence-electron chi connectivity index (χ4n) is 4.62. The van der Waals surface area contributed by atoms with Crippen molar-refractivity contribution < 1.29 is 0 Å². The van der Waals surface area contributed by atoms with Gasteiger partial charge in [-0.05, 0) is 84.7 Å². The molecule has 2 heteroatoms. The molecule has 0 aliphatic carbocycles. The zero-order valence-corrected chi connectivity index (χ0v) is 23.1. The van der Waals surface area contributed by atoms with Gasteiger partial charge in [-0.15, -0.1) is 0 Å². The standard InChI is InChI=1S/C36H36N2/c1-8-9-16-25(2)29(6)37-36-28(5)27(4)35(33-21-13-14-22-34(33)36)23-26(3)38(7)32-20-15-19-31(24-32)30-17-11-10-12-18-30/h8-24H,1-2H2,3-7H3. The Morgan fingerprint density at radius 1 is 0.816 bits per heavy atom. The minimum atomic E-state index is 0.880. The summed E-state index contributed by atoms with van der Waals surface area (Å²) in [6.45, 7) is 16.5. The molecule has 0 aliphatic heterocycles. The normalized spacial score (nSPS) is 12.2. The monoisotopic (exact) mass is 496 g/mol. The van der Waals surface area contributed by atoms with Crippen molar-refractivity contribution in [2.24, 2.45) is 4.99 Å². The van der Waals surface area contributed by atoms with Crippen LogP contribution in [0.5, 0.6) is 0 Å². The molecule has 0 amide bonds. The molecule has 190 valence electrons. The van der Waals surface area contributed by atoms with E-state index in [1.54, 1.807) is 6.08 Å². The van der Waals surface area contributed by atoms with Crippen molar-refractivity contribution >= 4 is 33.9 Å². The summed E-state index contributed by atoms with van der Waals surface area (Å²) < 4.78 is 0. The van der Waals surface area contributed by atoms with Crippen molar-refractivity contribution in [3.05, 3.63) is 138 Å². The number of hydrogen-bond acceptors (Lipinski definition) is 2. The Kier molecular flexibility index (Phi) is 8.23.